The minimum Gasteiger partial charge on any atom is -0.0622 e. The van der Waals surface area contributed by atoms with E-state index in [9.17, 15) is 0 Å². The Morgan fingerprint density at radius 3 is 1.24 bits per heavy atom. The number of hydrogen-bond donors (Lipinski definition) is 0. The molecule has 2 aliphatic carbocycles. The molecule has 0 spiro atoms. The largest absolute Gasteiger partial charge is 0.0622 e. The molecule has 0 aliphatic heterocycles. The third-order valence-corrected chi connectivity index (χ3v) is 9.52. The van der Waals surface area contributed by atoms with Crippen molar-refractivity contribution >= 4 is 64.6 Å². The third-order valence-electron chi connectivity index (χ3n) is 9.52. The van der Waals surface area contributed by atoms with Gasteiger partial charge in [-0.1, -0.05) is 146 Å². The van der Waals surface area contributed by atoms with Crippen LogP contribution in [0.5, 0.6) is 0 Å². The van der Waals surface area contributed by atoms with Crippen LogP contribution in [0, 0.1) is 0 Å². The van der Waals surface area contributed by atoms with Crippen molar-refractivity contribution in [3.63, 3.8) is 0 Å². The second kappa shape index (κ2) is 8.06. The van der Waals surface area contributed by atoms with Gasteiger partial charge in [0.15, 0.2) is 0 Å². The van der Waals surface area contributed by atoms with E-state index in [-0.39, 0.29) is 0 Å². The zero-order valence-corrected chi connectivity index (χ0v) is 22.9. The molecule has 0 nitrogen and oxygen atoms in total. The molecule has 0 bridgehead atoms. The summed E-state index contributed by atoms with van der Waals surface area (Å²) in [5.74, 6) is 0. The highest BCUT2D eigenvalue weighted by molar-refractivity contribution is 6.46. The van der Waals surface area contributed by atoms with E-state index >= 15 is 0 Å². The van der Waals surface area contributed by atoms with Crippen LogP contribution >= 0.6 is 0 Å². The fourth-order valence-corrected chi connectivity index (χ4v) is 7.99. The van der Waals surface area contributed by atoms with Gasteiger partial charge >= 0.3 is 0 Å². The summed E-state index contributed by atoms with van der Waals surface area (Å²) in [5.41, 5.74) is 7.91. The van der Waals surface area contributed by atoms with Crippen molar-refractivity contribution in [3.8, 4) is 33.4 Å². The molecule has 0 heterocycles. The average Bonchev–Trinajstić information content (AvgIpc) is 3.35. The summed E-state index contributed by atoms with van der Waals surface area (Å²) in [6.45, 7) is 0. The molecule has 192 valence electrons. The summed E-state index contributed by atoms with van der Waals surface area (Å²) < 4.78 is 0. The lowest BCUT2D eigenvalue weighted by molar-refractivity contribution is 1.65. The molecule has 0 unspecified atom stereocenters. The first-order valence-corrected chi connectivity index (χ1v) is 14.7. The van der Waals surface area contributed by atoms with Crippen molar-refractivity contribution < 1.29 is 0 Å². The Kier molecular flexibility index (Phi) is 4.27. The zero-order valence-electron chi connectivity index (χ0n) is 22.9. The molecule has 0 saturated carbocycles. The maximum atomic E-state index is 2.34. The first-order valence-electron chi connectivity index (χ1n) is 14.7. The highest BCUT2D eigenvalue weighted by Crippen LogP contribution is 2.59. The molecule has 2 aliphatic rings. The number of hydrogen-bond acceptors (Lipinski definition) is 0. The molecule has 0 fully saturated rings. The van der Waals surface area contributed by atoms with Crippen molar-refractivity contribution in [2.45, 2.75) is 0 Å². The zero-order chi connectivity index (χ0) is 27.4. The van der Waals surface area contributed by atoms with Gasteiger partial charge in [0.05, 0.1) is 0 Å². The topological polar surface area (TPSA) is 0 Å². The summed E-state index contributed by atoms with van der Waals surface area (Å²) >= 11 is 0. The average molecular weight is 529 g/mol. The van der Waals surface area contributed by atoms with E-state index < -0.39 is 0 Å². The lowest BCUT2D eigenvalue weighted by Crippen LogP contribution is -1.88. The van der Waals surface area contributed by atoms with Gasteiger partial charge in [-0.15, -0.1) is 0 Å². The van der Waals surface area contributed by atoms with Crippen molar-refractivity contribution in [1.82, 2.24) is 0 Å². The molecule has 0 heteroatoms. The van der Waals surface area contributed by atoms with E-state index in [1.54, 1.807) is 0 Å². The van der Waals surface area contributed by atoms with Crippen molar-refractivity contribution in [3.05, 3.63) is 146 Å². The smallest absolute Gasteiger partial charge is 0.0000491 e. The van der Waals surface area contributed by atoms with Gasteiger partial charge < -0.3 is 0 Å². The number of benzene rings is 8. The third kappa shape index (κ3) is 2.67. The molecule has 8 aromatic rings. The Balaban J connectivity index is 1.67. The first-order chi connectivity index (χ1) is 20.9. The highest BCUT2D eigenvalue weighted by atomic mass is 14.3. The van der Waals surface area contributed by atoms with Gasteiger partial charge in [0.2, 0.25) is 0 Å². The minimum absolute atomic E-state index is 1.25. The Morgan fingerprint density at radius 2 is 0.595 bits per heavy atom. The molecule has 0 radical (unpaired) electrons. The van der Waals surface area contributed by atoms with Gasteiger partial charge in [-0.25, -0.2) is 0 Å². The highest BCUT2D eigenvalue weighted by Gasteiger charge is 2.31. The predicted molar refractivity (Wildman–Crippen MR) is 181 cm³/mol. The van der Waals surface area contributed by atoms with Gasteiger partial charge in [-0.2, -0.15) is 0 Å². The van der Waals surface area contributed by atoms with Crippen LogP contribution in [0.15, 0.2) is 146 Å². The Morgan fingerprint density at radius 1 is 0.190 bits per heavy atom. The van der Waals surface area contributed by atoms with Gasteiger partial charge in [0.25, 0.3) is 0 Å². The maximum Gasteiger partial charge on any atom is -0.0000491 e. The standard InChI is InChI=1S/C42H24/c1-3-13-25(14-4-1)35-29-19-9-7-17-27(29)30-21-11-24-34-33-23-12-22-31-28-18-8-10-20-32(28)39-36(26-15-5-2-6-16-26)40(35)42(38(30)34)41(39)37(31)33/h1-24H. The van der Waals surface area contributed by atoms with Gasteiger partial charge in [0.1, 0.15) is 0 Å². The second-order valence-corrected chi connectivity index (χ2v) is 11.5. The Bertz CT molecular complexity index is 2590. The molecule has 0 saturated heterocycles. The fraction of sp³-hybridized carbons (Fsp3) is 0. The van der Waals surface area contributed by atoms with Crippen LogP contribution in [0.25, 0.3) is 98.0 Å². The van der Waals surface area contributed by atoms with E-state index in [2.05, 4.69) is 146 Å². The van der Waals surface area contributed by atoms with Crippen LogP contribution in [0.3, 0.4) is 0 Å². The van der Waals surface area contributed by atoms with E-state index in [4.69, 9.17) is 0 Å². The molecule has 8 aromatic carbocycles. The summed E-state index contributed by atoms with van der Waals surface area (Å²) in [7, 11) is 0. The van der Waals surface area contributed by atoms with E-state index in [1.165, 1.54) is 98.0 Å². The summed E-state index contributed by atoms with van der Waals surface area (Å²) in [4.78, 5) is 0. The van der Waals surface area contributed by atoms with Crippen LogP contribution in [-0.2, 0) is 0 Å². The van der Waals surface area contributed by atoms with Gasteiger partial charge in [-0.05, 0) is 98.0 Å². The molecular formula is C42H24. The predicted octanol–water partition coefficient (Wildman–Crippen LogP) is 11.9. The molecule has 10 rings (SSSR count). The van der Waals surface area contributed by atoms with Crippen LogP contribution in [0.2, 0.25) is 0 Å². The molecule has 0 N–H and O–H groups in total. The first kappa shape index (κ1) is 22.3. The normalized spacial score (nSPS) is 12.3. The van der Waals surface area contributed by atoms with Crippen LogP contribution in [0.4, 0.5) is 0 Å². The van der Waals surface area contributed by atoms with E-state index in [0.717, 1.165) is 0 Å². The number of fused-ring (bicyclic) bond motifs is 6. The second-order valence-electron chi connectivity index (χ2n) is 11.5. The van der Waals surface area contributed by atoms with Crippen molar-refractivity contribution in [1.29, 1.82) is 0 Å². The monoisotopic (exact) mass is 528 g/mol. The molecule has 42 heavy (non-hydrogen) atoms. The van der Waals surface area contributed by atoms with Crippen LogP contribution in [-0.4, -0.2) is 0 Å². The Labute approximate surface area is 243 Å². The molecule has 0 amide bonds. The lowest BCUT2D eigenvalue weighted by Gasteiger charge is -2.16. The van der Waals surface area contributed by atoms with Gasteiger partial charge in [0, 0.05) is 0 Å². The molecule has 0 aromatic heterocycles. The van der Waals surface area contributed by atoms with E-state index in [1.807, 2.05) is 0 Å². The SMILES string of the molecule is c1ccc(-c2c3c(-c4ccccc4)c4c5ccccc5c5cccc6c7cccc(c8ccccc28)c7c-3c4c56)cc1. The number of rotatable bonds is 2. The van der Waals surface area contributed by atoms with Gasteiger partial charge in [-0.3, -0.25) is 0 Å². The van der Waals surface area contributed by atoms with E-state index in [0.29, 0.717) is 0 Å². The van der Waals surface area contributed by atoms with Crippen molar-refractivity contribution in [2.24, 2.45) is 0 Å². The minimum atomic E-state index is 1.25. The summed E-state index contributed by atoms with van der Waals surface area (Å²) in [6.07, 6.45) is 0. The molecule has 0 atom stereocenters. The quantitative estimate of drug-likeness (QED) is 0.155. The maximum absolute atomic E-state index is 2.34. The van der Waals surface area contributed by atoms with Crippen LogP contribution in [0.1, 0.15) is 0 Å². The summed E-state index contributed by atoms with van der Waals surface area (Å²) in [6, 6.07) is 54.0. The van der Waals surface area contributed by atoms with Crippen molar-refractivity contribution in [2.75, 3.05) is 0 Å². The molecular weight excluding hydrogens is 504 g/mol. The lowest BCUT2D eigenvalue weighted by atomic mass is 9.86. The fourth-order valence-electron chi connectivity index (χ4n) is 7.99. The van der Waals surface area contributed by atoms with Crippen LogP contribution < -0.4 is 0 Å². The Hall–Kier alpha value is -5.46. The summed E-state index contributed by atoms with van der Waals surface area (Å²) in [5, 5.41) is 16.1.